The summed E-state index contributed by atoms with van der Waals surface area (Å²) in [6.07, 6.45) is 0.757. The Morgan fingerprint density at radius 1 is 1.00 bits per heavy atom. The number of fused-ring (bicyclic) bond motifs is 1. The molecule has 0 aromatic heterocycles. The summed E-state index contributed by atoms with van der Waals surface area (Å²) in [7, 11) is 0. The van der Waals surface area contributed by atoms with E-state index in [9.17, 15) is 18.4 Å². The van der Waals surface area contributed by atoms with Gasteiger partial charge in [-0.3, -0.25) is 4.79 Å². The Morgan fingerprint density at radius 2 is 1.69 bits per heavy atom. The lowest BCUT2D eigenvalue weighted by Crippen LogP contribution is -2.21. The Kier molecular flexibility index (Phi) is 5.31. The maximum absolute atomic E-state index is 13.1. The molecule has 3 rings (SSSR count). The molecule has 0 aliphatic carbocycles. The molecule has 0 atom stereocenters. The monoisotopic (exact) mass is 363 g/mol. The van der Waals surface area contributed by atoms with Crippen molar-refractivity contribution in [3.8, 4) is 11.5 Å². The average molecular weight is 363 g/mol. The zero-order chi connectivity index (χ0) is 18.5. The van der Waals surface area contributed by atoms with E-state index in [1.807, 2.05) is 0 Å². The van der Waals surface area contributed by atoms with E-state index < -0.39 is 30.1 Å². The third-order valence-corrected chi connectivity index (χ3v) is 3.46. The van der Waals surface area contributed by atoms with Gasteiger partial charge in [0, 0.05) is 24.2 Å². The summed E-state index contributed by atoms with van der Waals surface area (Å²) in [5.74, 6) is -2.34. The van der Waals surface area contributed by atoms with Crippen LogP contribution in [0, 0.1) is 11.6 Å². The summed E-state index contributed by atoms with van der Waals surface area (Å²) in [6.45, 7) is 0.451. The number of ether oxygens (including phenoxy) is 3. The number of benzene rings is 2. The topological polar surface area (TPSA) is 73.9 Å². The summed E-state index contributed by atoms with van der Waals surface area (Å²) in [6, 6.07) is 7.17. The second-order valence-electron chi connectivity index (χ2n) is 5.49. The molecule has 1 heterocycles. The quantitative estimate of drug-likeness (QED) is 0.846. The third-order valence-electron chi connectivity index (χ3n) is 3.46. The van der Waals surface area contributed by atoms with Gasteiger partial charge in [0.2, 0.25) is 0 Å². The second kappa shape index (κ2) is 7.81. The summed E-state index contributed by atoms with van der Waals surface area (Å²) < 4.78 is 42.0. The summed E-state index contributed by atoms with van der Waals surface area (Å²) in [4.78, 5) is 23.7. The van der Waals surface area contributed by atoms with Crippen LogP contribution in [-0.2, 0) is 9.53 Å². The molecule has 0 saturated heterocycles. The predicted molar refractivity (Wildman–Crippen MR) is 87.3 cm³/mol. The Morgan fingerprint density at radius 3 is 2.42 bits per heavy atom. The molecule has 0 spiro atoms. The molecule has 0 saturated carbocycles. The summed E-state index contributed by atoms with van der Waals surface area (Å²) in [5.41, 5.74) is 0.123. The Balaban J connectivity index is 1.57. The van der Waals surface area contributed by atoms with E-state index >= 15 is 0 Å². The van der Waals surface area contributed by atoms with Gasteiger partial charge in [-0.25, -0.2) is 13.6 Å². The highest BCUT2D eigenvalue weighted by Gasteiger charge is 2.15. The molecular formula is C18H15F2NO5. The molecule has 2 aromatic carbocycles. The van der Waals surface area contributed by atoms with Crippen molar-refractivity contribution < 1.29 is 32.6 Å². The normalized spacial score (nSPS) is 12.8. The van der Waals surface area contributed by atoms with Gasteiger partial charge in [-0.05, 0) is 24.3 Å². The van der Waals surface area contributed by atoms with Crippen molar-refractivity contribution in [1.82, 2.24) is 0 Å². The van der Waals surface area contributed by atoms with Gasteiger partial charge in [0.25, 0.3) is 5.91 Å². The predicted octanol–water partition coefficient (Wildman–Crippen LogP) is 2.92. The minimum absolute atomic E-state index is 0.314. The van der Waals surface area contributed by atoms with E-state index in [2.05, 4.69) is 5.32 Å². The van der Waals surface area contributed by atoms with Crippen LogP contribution in [0.15, 0.2) is 36.4 Å². The molecule has 6 nitrogen and oxygen atoms in total. The second-order valence-corrected chi connectivity index (χ2v) is 5.49. The van der Waals surface area contributed by atoms with E-state index in [1.165, 1.54) is 0 Å². The van der Waals surface area contributed by atoms with E-state index in [0.717, 1.165) is 18.6 Å². The van der Waals surface area contributed by atoms with Gasteiger partial charge in [0.1, 0.15) is 11.6 Å². The first-order valence-corrected chi connectivity index (χ1v) is 7.84. The van der Waals surface area contributed by atoms with Crippen LogP contribution in [0.4, 0.5) is 14.5 Å². The minimum Gasteiger partial charge on any atom is -0.490 e. The average Bonchev–Trinajstić information content (AvgIpc) is 2.83. The smallest absolute Gasteiger partial charge is 0.338 e. The molecule has 1 amide bonds. The fraction of sp³-hybridized carbons (Fsp3) is 0.222. The Labute approximate surface area is 147 Å². The van der Waals surface area contributed by atoms with Gasteiger partial charge in [0.05, 0.1) is 18.8 Å². The summed E-state index contributed by atoms with van der Waals surface area (Å²) in [5, 5.41) is 2.54. The summed E-state index contributed by atoms with van der Waals surface area (Å²) >= 11 is 0. The highest BCUT2D eigenvalue weighted by Crippen LogP contribution is 2.32. The highest BCUT2D eigenvalue weighted by molar-refractivity contribution is 5.95. The molecule has 8 heteroatoms. The molecule has 1 aliphatic rings. The maximum atomic E-state index is 13.1. The minimum atomic E-state index is -1.00. The van der Waals surface area contributed by atoms with Crippen molar-refractivity contribution >= 4 is 17.6 Å². The van der Waals surface area contributed by atoms with Crippen molar-refractivity contribution in [3.63, 3.8) is 0 Å². The lowest BCUT2D eigenvalue weighted by molar-refractivity contribution is -0.119. The molecule has 0 fully saturated rings. The highest BCUT2D eigenvalue weighted by atomic mass is 19.1. The van der Waals surface area contributed by atoms with Crippen LogP contribution in [0.3, 0.4) is 0 Å². The van der Waals surface area contributed by atoms with Gasteiger partial charge in [-0.1, -0.05) is 0 Å². The first-order chi connectivity index (χ1) is 12.5. The van der Waals surface area contributed by atoms with Gasteiger partial charge in [-0.2, -0.15) is 0 Å². The zero-order valence-corrected chi connectivity index (χ0v) is 13.6. The van der Waals surface area contributed by atoms with Crippen LogP contribution in [0.1, 0.15) is 16.8 Å². The first kappa shape index (κ1) is 17.7. The fourth-order valence-electron chi connectivity index (χ4n) is 2.32. The van der Waals surface area contributed by atoms with Crippen molar-refractivity contribution in [2.24, 2.45) is 0 Å². The van der Waals surface area contributed by atoms with Crippen molar-refractivity contribution in [3.05, 3.63) is 53.6 Å². The molecule has 0 radical (unpaired) electrons. The number of anilines is 1. The van der Waals surface area contributed by atoms with Crippen LogP contribution in [-0.4, -0.2) is 31.7 Å². The van der Waals surface area contributed by atoms with Crippen LogP contribution in [0.2, 0.25) is 0 Å². The standard InChI is InChI=1S/C18H15F2NO5/c19-12-6-11(7-13(20)8-12)18(23)26-10-17(22)21-14-2-3-15-16(9-14)25-5-1-4-24-15/h2-3,6-9H,1,4-5,10H2,(H,21,22). The van der Waals surface area contributed by atoms with Gasteiger partial charge < -0.3 is 19.5 Å². The van der Waals surface area contributed by atoms with Crippen LogP contribution in [0.25, 0.3) is 0 Å². The Hall–Kier alpha value is -3.16. The molecule has 1 aliphatic heterocycles. The molecule has 2 aromatic rings. The lowest BCUT2D eigenvalue weighted by Gasteiger charge is -2.10. The number of carbonyl (C=O) groups is 2. The van der Waals surface area contributed by atoms with Crippen LogP contribution >= 0.6 is 0 Å². The lowest BCUT2D eigenvalue weighted by atomic mass is 10.2. The Bertz CT molecular complexity index is 820. The van der Waals surface area contributed by atoms with Crippen molar-refractivity contribution in [1.29, 1.82) is 0 Å². The molecule has 26 heavy (non-hydrogen) atoms. The molecule has 0 unspecified atom stereocenters. The number of esters is 1. The zero-order valence-electron chi connectivity index (χ0n) is 13.6. The van der Waals surface area contributed by atoms with E-state index in [0.29, 0.717) is 36.5 Å². The number of rotatable bonds is 4. The molecular weight excluding hydrogens is 348 g/mol. The van der Waals surface area contributed by atoms with Crippen molar-refractivity contribution in [2.45, 2.75) is 6.42 Å². The van der Waals surface area contributed by atoms with Crippen LogP contribution < -0.4 is 14.8 Å². The maximum Gasteiger partial charge on any atom is 0.338 e. The van der Waals surface area contributed by atoms with E-state index in [1.54, 1.807) is 18.2 Å². The third kappa shape index (κ3) is 4.47. The number of nitrogens with one attached hydrogen (secondary N) is 1. The molecule has 1 N–H and O–H groups in total. The fourth-order valence-corrected chi connectivity index (χ4v) is 2.32. The largest absolute Gasteiger partial charge is 0.490 e. The SMILES string of the molecule is O=C(COC(=O)c1cc(F)cc(F)c1)Nc1ccc2c(c1)OCCCO2. The van der Waals surface area contributed by atoms with Crippen molar-refractivity contribution in [2.75, 3.05) is 25.1 Å². The van der Waals surface area contributed by atoms with Gasteiger partial charge >= 0.3 is 5.97 Å². The number of carbonyl (C=O) groups excluding carboxylic acids is 2. The number of hydrogen-bond acceptors (Lipinski definition) is 5. The number of hydrogen-bond donors (Lipinski definition) is 1. The van der Waals surface area contributed by atoms with Gasteiger partial charge in [0.15, 0.2) is 18.1 Å². The van der Waals surface area contributed by atoms with Gasteiger partial charge in [-0.15, -0.1) is 0 Å². The van der Waals surface area contributed by atoms with E-state index in [4.69, 9.17) is 14.2 Å². The molecule has 0 bridgehead atoms. The number of halogens is 2. The molecule has 136 valence electrons. The van der Waals surface area contributed by atoms with E-state index in [-0.39, 0.29) is 5.56 Å². The first-order valence-electron chi connectivity index (χ1n) is 7.84. The van der Waals surface area contributed by atoms with Crippen LogP contribution in [0.5, 0.6) is 11.5 Å². The number of amides is 1.